The number of fused-ring (bicyclic) bond motifs is 7. The highest BCUT2D eigenvalue weighted by Gasteiger charge is 2.73. The first-order valence-corrected chi connectivity index (χ1v) is 29.7. The summed E-state index contributed by atoms with van der Waals surface area (Å²) in [6.07, 6.45) is -35.2. The molecule has 0 aromatic rings. The maximum absolute atomic E-state index is 13.2. The Kier molecular flexibility index (Phi) is 19.4. The first-order valence-electron chi connectivity index (χ1n) is 29.7. The number of hydrogen-bond donors (Lipinski definition) is 16. The molecule has 31 atom stereocenters. The van der Waals surface area contributed by atoms with E-state index in [0.29, 0.717) is 37.7 Å². The normalized spacial score (nSPS) is 52.6. The third-order valence-corrected chi connectivity index (χ3v) is 22.5. The van der Waals surface area contributed by atoms with Crippen LogP contribution in [-0.2, 0) is 52.2 Å². The lowest BCUT2D eigenvalue weighted by molar-refractivity contribution is -0.401. The number of aliphatic hydroxyl groups is 15. The molecule has 4 unspecified atom stereocenters. The van der Waals surface area contributed by atoms with Gasteiger partial charge in [0.25, 0.3) is 0 Å². The van der Waals surface area contributed by atoms with Crippen LogP contribution in [0.15, 0.2) is 23.3 Å². The van der Waals surface area contributed by atoms with Crippen LogP contribution in [0.3, 0.4) is 0 Å². The molecular formula is C58H92O27. The molecule has 0 bridgehead atoms. The molecule has 27 heteroatoms. The molecule has 4 aliphatic heterocycles. The smallest absolute Gasteiger partial charge is 0.335 e. The number of carbonyl (C=O) groups is 2. The van der Waals surface area contributed by atoms with Gasteiger partial charge < -0.3 is 124 Å². The molecule has 0 spiro atoms. The molecule has 16 N–H and O–H groups in total. The summed E-state index contributed by atoms with van der Waals surface area (Å²) in [5, 5.41) is 178. The zero-order valence-electron chi connectivity index (χ0n) is 49.3. The fourth-order valence-corrected chi connectivity index (χ4v) is 17.1. The predicted octanol–water partition coefficient (Wildman–Crippen LogP) is -3.43. The highest BCUT2D eigenvalue weighted by Crippen LogP contribution is 2.76. The number of ether oxygens (including phenoxy) is 9. The Morgan fingerprint density at radius 3 is 1.79 bits per heavy atom. The van der Waals surface area contributed by atoms with Crippen molar-refractivity contribution >= 4 is 11.9 Å². The topological polar surface area (TPSA) is 441 Å². The van der Waals surface area contributed by atoms with Crippen molar-refractivity contribution in [3.05, 3.63) is 23.3 Å². The molecule has 486 valence electrons. The molecule has 4 saturated heterocycles. The Morgan fingerprint density at radius 1 is 0.647 bits per heavy atom. The number of rotatable bonds is 15. The molecular weight excluding hydrogens is 1130 g/mol. The Balaban J connectivity index is 1.04. The van der Waals surface area contributed by atoms with Crippen molar-refractivity contribution in [2.24, 2.45) is 50.2 Å². The van der Waals surface area contributed by atoms with Crippen LogP contribution < -0.4 is 0 Å². The van der Waals surface area contributed by atoms with Crippen LogP contribution in [0.25, 0.3) is 0 Å². The van der Waals surface area contributed by atoms with Crippen molar-refractivity contribution in [1.82, 2.24) is 0 Å². The van der Waals surface area contributed by atoms with Gasteiger partial charge in [-0.25, -0.2) is 9.59 Å². The van der Waals surface area contributed by atoms with Crippen LogP contribution in [0.2, 0.25) is 0 Å². The lowest BCUT2D eigenvalue weighted by Crippen LogP contribution is -2.72. The average molecular weight is 1220 g/mol. The van der Waals surface area contributed by atoms with Crippen LogP contribution in [0.5, 0.6) is 0 Å². The van der Waals surface area contributed by atoms with Crippen LogP contribution in [0.1, 0.15) is 100 Å². The van der Waals surface area contributed by atoms with Gasteiger partial charge in [0.05, 0.1) is 50.7 Å². The second kappa shape index (κ2) is 24.6. The number of aliphatic hydroxyl groups excluding tert-OH is 15. The quantitative estimate of drug-likeness (QED) is 0.0328. The van der Waals surface area contributed by atoms with E-state index >= 15 is 0 Å². The second-order valence-electron chi connectivity index (χ2n) is 27.3. The molecule has 4 heterocycles. The summed E-state index contributed by atoms with van der Waals surface area (Å²) < 4.78 is 54.5. The summed E-state index contributed by atoms with van der Waals surface area (Å²) in [6.45, 7) is 12.0. The van der Waals surface area contributed by atoms with Gasteiger partial charge in [-0.2, -0.15) is 0 Å². The maximum atomic E-state index is 13.2. The number of carboxylic acids is 1. The van der Waals surface area contributed by atoms with Crippen LogP contribution in [-0.4, -0.2) is 268 Å². The summed E-state index contributed by atoms with van der Waals surface area (Å²) in [7, 11) is 0. The minimum absolute atomic E-state index is 0.104. The van der Waals surface area contributed by atoms with Crippen LogP contribution >= 0.6 is 0 Å². The van der Waals surface area contributed by atoms with E-state index in [1.165, 1.54) is 0 Å². The molecule has 85 heavy (non-hydrogen) atoms. The molecule has 0 aromatic heterocycles. The lowest BCUT2D eigenvalue weighted by atomic mass is 9.33. The highest BCUT2D eigenvalue weighted by atomic mass is 16.8. The molecule has 0 aromatic carbocycles. The van der Waals surface area contributed by atoms with Gasteiger partial charge in [-0.1, -0.05) is 59.3 Å². The van der Waals surface area contributed by atoms with E-state index in [0.717, 1.165) is 5.57 Å². The summed E-state index contributed by atoms with van der Waals surface area (Å²) in [5.74, 6) is -3.32. The summed E-state index contributed by atoms with van der Waals surface area (Å²) in [4.78, 5) is 26.4. The van der Waals surface area contributed by atoms with Crippen molar-refractivity contribution in [1.29, 1.82) is 0 Å². The lowest BCUT2D eigenvalue weighted by Gasteiger charge is -2.72. The van der Waals surface area contributed by atoms with Gasteiger partial charge in [-0.3, -0.25) is 0 Å². The number of carbonyl (C=O) groups excluding carboxylic acids is 1. The summed E-state index contributed by atoms with van der Waals surface area (Å²) in [5.41, 5.74) is -3.89. The van der Waals surface area contributed by atoms with Gasteiger partial charge in [0.1, 0.15) is 97.7 Å². The van der Waals surface area contributed by atoms with E-state index in [1.54, 1.807) is 19.9 Å². The van der Waals surface area contributed by atoms with E-state index < -0.39 is 225 Å². The zero-order valence-corrected chi connectivity index (χ0v) is 49.3. The molecule has 0 radical (unpaired) electrons. The Hall–Kier alpha value is -2.50. The van der Waals surface area contributed by atoms with Crippen LogP contribution in [0, 0.1) is 50.2 Å². The fourth-order valence-electron chi connectivity index (χ4n) is 17.1. The minimum Gasteiger partial charge on any atom is -0.479 e. The maximum Gasteiger partial charge on any atom is 0.335 e. The Bertz CT molecular complexity index is 2440. The minimum atomic E-state index is -2.29. The summed E-state index contributed by atoms with van der Waals surface area (Å²) >= 11 is 0. The monoisotopic (exact) mass is 1220 g/mol. The predicted molar refractivity (Wildman–Crippen MR) is 286 cm³/mol. The van der Waals surface area contributed by atoms with E-state index in [4.69, 9.17) is 42.6 Å². The van der Waals surface area contributed by atoms with Gasteiger partial charge in [0, 0.05) is 16.4 Å². The Labute approximate surface area is 492 Å². The SMILES string of the molecule is C/C=C(/C)C(=O)O[C@H]1[C@H](O)[C@]2(CO)[C@H](O)C[C@]3(C)C(=CC[C@@H]4[C@@]5(C)CC[C@H](O[C@@H]6O[C@H](C(=O)O)[C@@H](O)[C@H](O[C@@H]7OC[C@H](O)[C@H](O)[C@H]7O[C@@H]7OC(CO)C(O)C(O)C7O)[C@H]6O[C@@H]6O[C@H](CO)[C@H](O)[C@H](O)[C@H]6O)[C@@](C)(CO)[C@@H]5CC[C@]43C)[C@@H]2CC1(C)C. The highest BCUT2D eigenvalue weighted by molar-refractivity contribution is 5.87. The number of allylic oxidation sites excluding steroid dienone is 3. The van der Waals surface area contributed by atoms with Gasteiger partial charge in [0.2, 0.25) is 0 Å². The fraction of sp³-hybridized carbons (Fsp3) is 0.897. The van der Waals surface area contributed by atoms with Crippen LogP contribution in [0.4, 0.5) is 0 Å². The molecule has 0 amide bonds. The number of hydrogen-bond acceptors (Lipinski definition) is 26. The molecule has 27 nitrogen and oxygen atoms in total. The number of carboxylic acid groups (broad SMARTS) is 1. The van der Waals surface area contributed by atoms with E-state index in [2.05, 4.69) is 26.8 Å². The molecule has 9 aliphatic rings. The van der Waals surface area contributed by atoms with Crippen molar-refractivity contribution in [2.75, 3.05) is 33.0 Å². The van der Waals surface area contributed by atoms with E-state index in [9.17, 15) is 91.3 Å². The molecule has 4 saturated carbocycles. The van der Waals surface area contributed by atoms with Gasteiger partial charge in [-0.05, 0) is 92.8 Å². The van der Waals surface area contributed by atoms with E-state index in [-0.39, 0.29) is 24.7 Å². The number of aliphatic carboxylic acids is 1. The second-order valence-corrected chi connectivity index (χ2v) is 27.3. The van der Waals surface area contributed by atoms with E-state index in [1.807, 2.05) is 20.8 Å². The largest absolute Gasteiger partial charge is 0.479 e. The van der Waals surface area contributed by atoms with Crippen molar-refractivity contribution in [3.8, 4) is 0 Å². The average Bonchev–Trinajstić information content (AvgIpc) is 0.778. The third kappa shape index (κ3) is 10.8. The Morgan fingerprint density at radius 2 is 1.24 bits per heavy atom. The van der Waals surface area contributed by atoms with Crippen molar-refractivity contribution < 1.29 is 134 Å². The van der Waals surface area contributed by atoms with Gasteiger partial charge in [-0.15, -0.1) is 0 Å². The molecule has 9 rings (SSSR count). The summed E-state index contributed by atoms with van der Waals surface area (Å²) in [6, 6.07) is 0. The van der Waals surface area contributed by atoms with Gasteiger partial charge in [0.15, 0.2) is 31.3 Å². The molecule has 8 fully saturated rings. The third-order valence-electron chi connectivity index (χ3n) is 22.5. The molecule has 5 aliphatic carbocycles. The van der Waals surface area contributed by atoms with Crippen molar-refractivity contribution in [3.63, 3.8) is 0 Å². The first-order chi connectivity index (χ1) is 39.8. The number of esters is 1. The zero-order chi connectivity index (χ0) is 62.6. The van der Waals surface area contributed by atoms with Crippen molar-refractivity contribution in [2.45, 2.75) is 241 Å². The standard InChI is InChI=1S/C58H92O27/c1-9-23(2)48(76)85-46-45(73)58(22-62)25(16-53(46,3)4)24-10-11-30-54(5)14-13-32(55(6,21-61)29(54)12-15-56(30,7)57(24,8)17-31(58)64)80-52-44(84-50-39(71)37(69)35(67)28(19-60)79-50)41(40(72)42(82-52)47(74)75)81-51-43(33(65)26(63)20-77-51)83-49-38(70)36(68)34(66)27(18-59)78-49/h9-10,25-46,49-52,59-73H,11-22H2,1-8H3,(H,74,75)/b23-9-/t25-,26-,27?,28+,29+,30+,31+,32-,33-,34?,35-,36?,37-,38?,39+,40-,41-,42-,43+,44+,45-,46-,49-,50-,51-,52+,54-,55-,56+,57+,58-/m0/s1. The van der Waals surface area contributed by atoms with Gasteiger partial charge >= 0.3 is 11.9 Å². The first kappa shape index (κ1) is 66.9.